The number of thiophene rings is 1. The smallest absolute Gasteiger partial charge is 0.408 e. The molecule has 10 heteroatoms. The molecule has 0 aliphatic heterocycles. The number of esters is 1. The molecular formula is C28H30F2N2O5S. The maximum atomic E-state index is 16.2. The molecule has 38 heavy (non-hydrogen) atoms. The van der Waals surface area contributed by atoms with Crippen molar-refractivity contribution < 1.29 is 27.8 Å². The average molecular weight is 545 g/mol. The zero-order valence-corrected chi connectivity index (χ0v) is 22.6. The van der Waals surface area contributed by atoms with Gasteiger partial charge in [0.2, 0.25) is 5.43 Å². The number of nitrogens with zero attached hydrogens (tertiary/aromatic N) is 1. The largest absolute Gasteiger partial charge is 0.462 e. The first-order chi connectivity index (χ1) is 18.0. The van der Waals surface area contributed by atoms with Crippen LogP contribution in [0.15, 0.2) is 23.1 Å². The van der Waals surface area contributed by atoms with Gasteiger partial charge in [0.15, 0.2) is 5.82 Å². The Balaban J connectivity index is 1.60. The van der Waals surface area contributed by atoms with Crippen molar-refractivity contribution in [1.82, 2.24) is 9.88 Å². The molecule has 1 aromatic carbocycles. The fraction of sp³-hybridized carbons (Fsp3) is 0.464. The van der Waals surface area contributed by atoms with Crippen LogP contribution in [-0.2, 0) is 15.9 Å². The number of nitrogens with one attached hydrogen (secondary N) is 1. The highest BCUT2D eigenvalue weighted by Crippen LogP contribution is 2.44. The van der Waals surface area contributed by atoms with Crippen LogP contribution in [0.25, 0.3) is 21.3 Å². The van der Waals surface area contributed by atoms with Crippen LogP contribution >= 0.6 is 11.3 Å². The molecule has 1 unspecified atom stereocenters. The van der Waals surface area contributed by atoms with Crippen molar-refractivity contribution in [3.8, 4) is 10.4 Å². The van der Waals surface area contributed by atoms with E-state index in [0.717, 1.165) is 42.2 Å². The van der Waals surface area contributed by atoms with Crippen LogP contribution in [0, 0.1) is 11.6 Å². The summed E-state index contributed by atoms with van der Waals surface area (Å²) in [4.78, 5) is 39.3. The van der Waals surface area contributed by atoms with Gasteiger partial charge in [0, 0.05) is 27.6 Å². The van der Waals surface area contributed by atoms with Gasteiger partial charge in [-0.25, -0.2) is 18.4 Å². The molecule has 1 N–H and O–H groups in total. The van der Waals surface area contributed by atoms with Crippen molar-refractivity contribution >= 4 is 34.3 Å². The standard InChI is InChI=1S/C28H30F2N2O5S/c1-5-36-26(34)17-13-32(15-9-10-15)23-21(24(17)33)18(29)12-16(22(23)30)20-11-14-7-6-8-19(25(14)38-20)31-27(35)37-28(2,3)4/h11-13,15,19H,5-10H2,1-4H3,(H,31,35). The molecule has 1 fully saturated rings. The Morgan fingerprint density at radius 2 is 1.92 bits per heavy atom. The number of carbonyl (C=O) groups is 2. The monoisotopic (exact) mass is 544 g/mol. The van der Waals surface area contributed by atoms with Crippen molar-refractivity contribution in [3.63, 3.8) is 0 Å². The van der Waals surface area contributed by atoms with Crippen LogP contribution in [0.4, 0.5) is 13.6 Å². The normalized spacial score (nSPS) is 17.3. The Labute approximate surface area is 222 Å². The number of alkyl carbamates (subject to hydrolysis) is 1. The van der Waals surface area contributed by atoms with Crippen molar-refractivity contribution in [3.05, 3.63) is 56.2 Å². The summed E-state index contributed by atoms with van der Waals surface area (Å²) in [7, 11) is 0. The molecule has 0 saturated heterocycles. The molecule has 5 rings (SSSR count). The molecule has 2 aromatic heterocycles. The second-order valence-corrected chi connectivity index (χ2v) is 11.8. The van der Waals surface area contributed by atoms with Gasteiger partial charge in [0.1, 0.15) is 17.0 Å². The molecule has 3 aromatic rings. The van der Waals surface area contributed by atoms with Gasteiger partial charge >= 0.3 is 12.1 Å². The summed E-state index contributed by atoms with van der Waals surface area (Å²) in [5.74, 6) is -2.46. The Morgan fingerprint density at radius 3 is 2.58 bits per heavy atom. The van der Waals surface area contributed by atoms with Gasteiger partial charge in [-0.15, -0.1) is 11.3 Å². The van der Waals surface area contributed by atoms with Crippen LogP contribution in [0.3, 0.4) is 0 Å². The second kappa shape index (κ2) is 9.80. The molecule has 2 aliphatic carbocycles. The van der Waals surface area contributed by atoms with E-state index in [1.807, 2.05) is 6.07 Å². The summed E-state index contributed by atoms with van der Waals surface area (Å²) in [5, 5.41) is 2.46. The van der Waals surface area contributed by atoms with E-state index in [-0.39, 0.29) is 35.3 Å². The topological polar surface area (TPSA) is 86.6 Å². The second-order valence-electron chi connectivity index (χ2n) is 10.8. The number of hydrogen-bond donors (Lipinski definition) is 1. The van der Waals surface area contributed by atoms with Gasteiger partial charge in [-0.1, -0.05) is 0 Å². The number of pyridine rings is 1. The Morgan fingerprint density at radius 1 is 1.18 bits per heavy atom. The van der Waals surface area contributed by atoms with Gasteiger partial charge < -0.3 is 19.4 Å². The molecule has 1 amide bonds. The molecular weight excluding hydrogens is 514 g/mol. The zero-order chi connectivity index (χ0) is 27.4. The molecule has 2 aliphatic rings. The maximum absolute atomic E-state index is 16.2. The summed E-state index contributed by atoms with van der Waals surface area (Å²) >= 11 is 1.30. The number of ether oxygens (including phenoxy) is 2. The lowest BCUT2D eigenvalue weighted by molar-refractivity contribution is 0.0496. The summed E-state index contributed by atoms with van der Waals surface area (Å²) in [6, 6.07) is 2.43. The molecule has 0 radical (unpaired) electrons. The predicted octanol–water partition coefficient (Wildman–Crippen LogP) is 6.42. The van der Waals surface area contributed by atoms with Crippen molar-refractivity contribution in [2.75, 3.05) is 6.61 Å². The predicted molar refractivity (Wildman–Crippen MR) is 141 cm³/mol. The van der Waals surface area contributed by atoms with Crippen LogP contribution in [-0.4, -0.2) is 28.8 Å². The number of fused-ring (bicyclic) bond motifs is 2. The summed E-state index contributed by atoms with van der Waals surface area (Å²) < 4.78 is 43.6. The number of rotatable bonds is 5. The van der Waals surface area contributed by atoms with Crippen LogP contribution in [0.5, 0.6) is 0 Å². The van der Waals surface area contributed by atoms with E-state index in [9.17, 15) is 14.4 Å². The number of halogens is 2. The third-order valence-electron chi connectivity index (χ3n) is 6.68. The first-order valence-corrected chi connectivity index (χ1v) is 13.7. The number of carbonyl (C=O) groups excluding carboxylic acids is 2. The average Bonchev–Trinajstić information content (AvgIpc) is 3.58. The fourth-order valence-corrected chi connectivity index (χ4v) is 6.23. The van der Waals surface area contributed by atoms with Crippen molar-refractivity contribution in [2.24, 2.45) is 0 Å². The number of benzene rings is 1. The van der Waals surface area contributed by atoms with E-state index in [1.165, 1.54) is 22.1 Å². The van der Waals surface area contributed by atoms with Gasteiger partial charge in [-0.2, -0.15) is 0 Å². The third-order valence-corrected chi connectivity index (χ3v) is 8.00. The highest BCUT2D eigenvalue weighted by molar-refractivity contribution is 7.15. The first kappa shape index (κ1) is 26.3. The van der Waals surface area contributed by atoms with Crippen LogP contribution in [0.1, 0.15) is 86.3 Å². The van der Waals surface area contributed by atoms with E-state index in [0.29, 0.717) is 11.3 Å². The minimum atomic E-state index is -0.892. The highest BCUT2D eigenvalue weighted by Gasteiger charge is 2.32. The number of amides is 1. The molecule has 1 atom stereocenters. The highest BCUT2D eigenvalue weighted by atomic mass is 32.1. The van der Waals surface area contributed by atoms with Crippen LogP contribution in [0.2, 0.25) is 0 Å². The molecule has 2 heterocycles. The number of aryl methyl sites for hydroxylation is 1. The molecule has 202 valence electrons. The lowest BCUT2D eigenvalue weighted by Gasteiger charge is -2.26. The van der Waals surface area contributed by atoms with Gasteiger partial charge in [-0.05, 0) is 77.5 Å². The third kappa shape index (κ3) is 4.93. The van der Waals surface area contributed by atoms with E-state index in [1.54, 1.807) is 27.7 Å². The summed E-state index contributed by atoms with van der Waals surface area (Å²) in [5.41, 5.74) is -0.962. The van der Waals surface area contributed by atoms with E-state index in [4.69, 9.17) is 9.47 Å². The summed E-state index contributed by atoms with van der Waals surface area (Å²) in [6.07, 6.45) is 4.53. The van der Waals surface area contributed by atoms with Gasteiger partial charge in [0.05, 0.1) is 23.6 Å². The summed E-state index contributed by atoms with van der Waals surface area (Å²) in [6.45, 7) is 7.03. The molecule has 1 saturated carbocycles. The zero-order valence-electron chi connectivity index (χ0n) is 21.8. The van der Waals surface area contributed by atoms with Crippen molar-refractivity contribution in [1.29, 1.82) is 0 Å². The Bertz CT molecular complexity index is 1500. The quantitative estimate of drug-likeness (QED) is 0.375. The molecule has 7 nitrogen and oxygen atoms in total. The van der Waals surface area contributed by atoms with E-state index >= 15 is 8.78 Å². The first-order valence-electron chi connectivity index (χ1n) is 12.8. The van der Waals surface area contributed by atoms with E-state index < -0.39 is 40.1 Å². The minimum absolute atomic E-state index is 0.0445. The van der Waals surface area contributed by atoms with Gasteiger partial charge in [0.25, 0.3) is 0 Å². The SMILES string of the molecule is CCOC(=O)c1cn(C2CC2)c2c(F)c(-c3cc4c(s3)C(NC(=O)OC(C)(C)C)CCC4)cc(F)c2c1=O. The van der Waals surface area contributed by atoms with Gasteiger partial charge in [-0.3, -0.25) is 4.79 Å². The lowest BCUT2D eigenvalue weighted by Crippen LogP contribution is -2.35. The number of aromatic nitrogens is 1. The Kier molecular flexibility index (Phi) is 6.79. The van der Waals surface area contributed by atoms with Crippen LogP contribution < -0.4 is 10.7 Å². The fourth-order valence-electron chi connectivity index (χ4n) is 4.92. The lowest BCUT2D eigenvalue weighted by atomic mass is 9.94. The molecule has 0 spiro atoms. The molecule has 0 bridgehead atoms. The number of hydrogen-bond acceptors (Lipinski definition) is 6. The minimum Gasteiger partial charge on any atom is -0.462 e. The Hall–Kier alpha value is -3.27. The maximum Gasteiger partial charge on any atom is 0.408 e. The van der Waals surface area contributed by atoms with E-state index in [2.05, 4.69) is 5.32 Å². The van der Waals surface area contributed by atoms with Crippen molar-refractivity contribution in [2.45, 2.75) is 77.5 Å².